The van der Waals surface area contributed by atoms with Crippen molar-refractivity contribution in [3.05, 3.63) is 47.2 Å². The average Bonchev–Trinajstić information content (AvgIpc) is 3.63. The number of amides is 2. The summed E-state index contributed by atoms with van der Waals surface area (Å²) in [4.78, 5) is 25.3. The lowest BCUT2D eigenvalue weighted by Crippen LogP contribution is -2.51. The number of carbonyl (C=O) groups is 1. The molecule has 0 radical (unpaired) electrons. The number of rotatable bonds is 8. The van der Waals surface area contributed by atoms with Crippen LogP contribution in [0.25, 0.3) is 0 Å². The maximum absolute atomic E-state index is 14.0. The minimum Gasteiger partial charge on any atom is -0.394 e. The molecule has 1 aliphatic carbocycles. The van der Waals surface area contributed by atoms with Crippen molar-refractivity contribution in [1.82, 2.24) is 15.2 Å². The number of hydrogen-bond acceptors (Lipinski definition) is 10. The molecule has 0 bridgehead atoms. The molecule has 1 aromatic carbocycles. The van der Waals surface area contributed by atoms with Crippen molar-refractivity contribution in [2.45, 2.75) is 60.8 Å². The number of carbonyl (C=O) groups excluding carboxylic acids is 1. The summed E-state index contributed by atoms with van der Waals surface area (Å²) in [6.45, 7) is 7.27. The van der Waals surface area contributed by atoms with E-state index in [9.17, 15) is 13.2 Å². The van der Waals surface area contributed by atoms with Crippen molar-refractivity contribution in [3.8, 4) is 0 Å². The second-order valence-electron chi connectivity index (χ2n) is 10.3. The van der Waals surface area contributed by atoms with E-state index in [-0.39, 0.29) is 23.0 Å². The number of aromatic nitrogens is 1. The molecule has 11 nitrogen and oxygen atoms in total. The average molecular weight is 575 g/mol. The Balaban J connectivity index is 1.46. The normalized spacial score (nSPS) is 23.2. The number of benzene rings is 1. The Labute approximate surface area is 232 Å². The lowest BCUT2D eigenvalue weighted by Gasteiger charge is -2.40. The first kappa shape index (κ1) is 27.6. The third kappa shape index (κ3) is 5.40. The van der Waals surface area contributed by atoms with Gasteiger partial charge in [-0.2, -0.15) is 0 Å². The second kappa shape index (κ2) is 10.9. The van der Waals surface area contributed by atoms with Gasteiger partial charge in [-0.15, -0.1) is 11.3 Å². The number of sulfone groups is 1. The van der Waals surface area contributed by atoms with Crippen LogP contribution in [0.5, 0.6) is 0 Å². The van der Waals surface area contributed by atoms with Gasteiger partial charge in [0.1, 0.15) is 10.6 Å². The smallest absolute Gasteiger partial charge is 0.319 e. The summed E-state index contributed by atoms with van der Waals surface area (Å²) in [5, 5.41) is 16.3. The monoisotopic (exact) mass is 574 g/mol. The largest absolute Gasteiger partial charge is 0.394 e. The molecule has 1 aromatic heterocycles. The number of aryl methyl sites for hydroxylation is 1. The van der Waals surface area contributed by atoms with Crippen molar-refractivity contribution >= 4 is 44.9 Å². The standard InChI is InChI=1S/C26H34N6O5S2/c1-17(13-33)28-24(34)30-20-4-6-21(7-5-20)32-16-27-23(31-10-11-37-14-19(31)3)12-22(32)26(8-9-26)39(35,36)25-29-18(2)15-38-25/h4-7,12,15-17,19,22,33H,8-11,13-14H2,1-3H3,(H2,28,30,34)/t17-,19+,22?/m1/s1. The van der Waals surface area contributed by atoms with E-state index < -0.39 is 26.7 Å². The third-order valence-corrected chi connectivity index (χ3v) is 11.3. The van der Waals surface area contributed by atoms with Gasteiger partial charge in [0.05, 0.1) is 44.3 Å². The topological polar surface area (TPSA) is 136 Å². The highest BCUT2D eigenvalue weighted by molar-refractivity contribution is 7.95. The predicted octanol–water partition coefficient (Wildman–Crippen LogP) is 2.74. The second-order valence-corrected chi connectivity index (χ2v) is 13.6. The van der Waals surface area contributed by atoms with Crippen LogP contribution >= 0.6 is 11.3 Å². The molecule has 5 rings (SSSR count). The summed E-state index contributed by atoms with van der Waals surface area (Å²) in [5.41, 5.74) is 2.01. The number of nitrogens with one attached hydrogen (secondary N) is 2. The molecule has 3 heterocycles. The zero-order chi connectivity index (χ0) is 27.8. The van der Waals surface area contributed by atoms with Gasteiger partial charge in [0.15, 0.2) is 0 Å². The van der Waals surface area contributed by atoms with E-state index in [1.807, 2.05) is 23.1 Å². The Morgan fingerprint density at radius 3 is 2.67 bits per heavy atom. The molecule has 2 amide bonds. The van der Waals surface area contributed by atoms with E-state index in [0.717, 1.165) is 11.5 Å². The summed E-state index contributed by atoms with van der Waals surface area (Å²) >= 11 is 1.17. The number of aliphatic hydroxyl groups is 1. The number of ether oxygens (including phenoxy) is 1. The molecular formula is C26H34N6O5S2. The maximum atomic E-state index is 14.0. The van der Waals surface area contributed by atoms with Crippen LogP contribution in [0.4, 0.5) is 16.2 Å². The molecule has 2 aromatic rings. The molecule has 1 saturated heterocycles. The van der Waals surface area contributed by atoms with E-state index in [0.29, 0.717) is 44.0 Å². The van der Waals surface area contributed by atoms with E-state index in [1.165, 1.54) is 11.3 Å². The SMILES string of the molecule is Cc1csc(S(=O)(=O)C2(C3C=C(N4CCOC[C@@H]4C)N=CN3c3ccc(NC(=O)N[C@H](C)CO)cc3)CC2)n1. The van der Waals surface area contributed by atoms with Crippen LogP contribution in [-0.2, 0) is 14.6 Å². The van der Waals surface area contributed by atoms with Gasteiger partial charge in [-0.05, 0) is 64.0 Å². The molecule has 3 aliphatic rings. The molecule has 3 N–H and O–H groups in total. The van der Waals surface area contributed by atoms with E-state index in [2.05, 4.69) is 27.4 Å². The lowest BCUT2D eigenvalue weighted by molar-refractivity contribution is 0.0161. The Morgan fingerprint density at radius 2 is 2.05 bits per heavy atom. The van der Waals surface area contributed by atoms with Gasteiger partial charge in [0.25, 0.3) is 0 Å². The summed E-state index contributed by atoms with van der Waals surface area (Å²) in [6.07, 6.45) is 4.73. The van der Waals surface area contributed by atoms with Crippen molar-refractivity contribution in [2.24, 2.45) is 4.99 Å². The summed E-state index contributed by atoms with van der Waals surface area (Å²) in [5.74, 6) is 0.747. The van der Waals surface area contributed by atoms with E-state index in [4.69, 9.17) is 14.8 Å². The molecule has 13 heteroatoms. The number of morpholine rings is 1. The quantitative estimate of drug-likeness (QED) is 0.438. The summed E-state index contributed by atoms with van der Waals surface area (Å²) in [7, 11) is -3.72. The van der Waals surface area contributed by atoms with Crippen molar-refractivity contribution in [1.29, 1.82) is 0 Å². The van der Waals surface area contributed by atoms with Gasteiger partial charge < -0.3 is 30.3 Å². The first-order chi connectivity index (χ1) is 18.6. The third-order valence-electron chi connectivity index (χ3n) is 7.30. The zero-order valence-corrected chi connectivity index (χ0v) is 23.8. The highest BCUT2D eigenvalue weighted by Gasteiger charge is 2.62. The molecule has 0 spiro atoms. The van der Waals surface area contributed by atoms with E-state index >= 15 is 0 Å². The summed E-state index contributed by atoms with van der Waals surface area (Å²) < 4.78 is 32.7. The highest BCUT2D eigenvalue weighted by atomic mass is 32.2. The van der Waals surface area contributed by atoms with Crippen LogP contribution in [0.2, 0.25) is 0 Å². The van der Waals surface area contributed by atoms with Crippen LogP contribution in [0.3, 0.4) is 0 Å². The predicted molar refractivity (Wildman–Crippen MR) is 151 cm³/mol. The first-order valence-electron chi connectivity index (χ1n) is 13.0. The molecule has 1 saturated carbocycles. The minimum atomic E-state index is -3.72. The number of aliphatic imine (C=N–C) groups is 1. The van der Waals surface area contributed by atoms with Gasteiger partial charge in [-0.25, -0.2) is 23.2 Å². The van der Waals surface area contributed by atoms with Gasteiger partial charge in [0.2, 0.25) is 14.2 Å². The van der Waals surface area contributed by atoms with Crippen LogP contribution in [0.15, 0.2) is 50.9 Å². The Hall–Kier alpha value is -3.00. The molecular weight excluding hydrogens is 540 g/mol. The van der Waals surface area contributed by atoms with Gasteiger partial charge in [0, 0.05) is 29.0 Å². The number of anilines is 2. The van der Waals surface area contributed by atoms with E-state index in [1.54, 1.807) is 37.7 Å². The van der Waals surface area contributed by atoms with Crippen LogP contribution in [0.1, 0.15) is 32.4 Å². The molecule has 39 heavy (non-hydrogen) atoms. The molecule has 1 unspecified atom stereocenters. The van der Waals surface area contributed by atoms with Crippen LogP contribution in [0, 0.1) is 6.92 Å². The molecule has 210 valence electrons. The fraction of sp³-hybridized carbons (Fsp3) is 0.500. The fourth-order valence-corrected chi connectivity index (χ4v) is 8.38. The Bertz CT molecular complexity index is 1370. The van der Waals surface area contributed by atoms with Crippen LogP contribution in [-0.4, -0.2) is 85.0 Å². The lowest BCUT2D eigenvalue weighted by atomic mass is 10.1. The Kier molecular flexibility index (Phi) is 7.68. The first-order valence-corrected chi connectivity index (χ1v) is 15.3. The van der Waals surface area contributed by atoms with Gasteiger partial charge >= 0.3 is 6.03 Å². The van der Waals surface area contributed by atoms with Crippen molar-refractivity contribution in [3.63, 3.8) is 0 Å². The van der Waals surface area contributed by atoms with Gasteiger partial charge in [-0.3, -0.25) is 0 Å². The minimum absolute atomic E-state index is 0.118. The number of urea groups is 1. The highest BCUT2D eigenvalue weighted by Crippen LogP contribution is 2.53. The zero-order valence-electron chi connectivity index (χ0n) is 22.2. The molecule has 2 fully saturated rings. The molecule has 3 atom stereocenters. The van der Waals surface area contributed by atoms with Gasteiger partial charge in [-0.1, -0.05) is 0 Å². The Morgan fingerprint density at radius 1 is 1.31 bits per heavy atom. The van der Waals surface area contributed by atoms with Crippen molar-refractivity contribution < 1.29 is 23.1 Å². The number of thiazole rings is 1. The number of aliphatic hydroxyl groups excluding tert-OH is 1. The maximum Gasteiger partial charge on any atom is 0.319 e. The molecule has 2 aliphatic heterocycles. The van der Waals surface area contributed by atoms with Crippen molar-refractivity contribution in [2.75, 3.05) is 36.6 Å². The fourth-order valence-electron chi connectivity index (χ4n) is 4.96. The summed E-state index contributed by atoms with van der Waals surface area (Å²) in [6, 6.07) is 6.00. The number of hydrogen-bond donors (Lipinski definition) is 3. The van der Waals surface area contributed by atoms with Crippen LogP contribution < -0.4 is 15.5 Å². The number of nitrogens with zero attached hydrogens (tertiary/aromatic N) is 4.